The van der Waals surface area contributed by atoms with Crippen LogP contribution in [0.1, 0.15) is 0 Å². The van der Waals surface area contributed by atoms with Gasteiger partial charge in [-0.1, -0.05) is 0 Å². The minimum atomic E-state index is 0. The van der Waals surface area contributed by atoms with E-state index in [-0.39, 0.29) is 106 Å². The van der Waals surface area contributed by atoms with Crippen molar-refractivity contribution in [2.45, 2.75) is 0 Å². The molecule has 0 radical (unpaired) electrons. The van der Waals surface area contributed by atoms with Gasteiger partial charge in [0.05, 0.1) is 0 Å². The molecule has 0 saturated heterocycles. The van der Waals surface area contributed by atoms with Gasteiger partial charge in [0.2, 0.25) is 0 Å². The van der Waals surface area contributed by atoms with Crippen LogP contribution in [0.15, 0.2) is 0 Å². The van der Waals surface area contributed by atoms with E-state index in [0.717, 1.165) is 0 Å². The van der Waals surface area contributed by atoms with E-state index in [1.54, 1.807) is 0 Å². The van der Waals surface area contributed by atoms with E-state index in [1.165, 1.54) is 0 Å². The van der Waals surface area contributed by atoms with Gasteiger partial charge in [0, 0.05) is 0 Å². The van der Waals surface area contributed by atoms with Crippen molar-refractivity contribution in [3.05, 3.63) is 0 Å². The zero-order valence-electron chi connectivity index (χ0n) is 2.67. The molecule has 0 aliphatic rings. The van der Waals surface area contributed by atoms with Crippen molar-refractivity contribution in [2.24, 2.45) is 0 Å². The van der Waals surface area contributed by atoms with Crippen molar-refractivity contribution >= 4 is 75.5 Å². The maximum absolute atomic E-state index is 0. The van der Waals surface area contributed by atoms with Crippen LogP contribution in [0.5, 0.6) is 0 Å². The largest absolute Gasteiger partial charge is 2.00 e. The molecule has 0 aliphatic carbocycles. The van der Waals surface area contributed by atoms with Crippen molar-refractivity contribution in [1.82, 2.24) is 0 Å². The van der Waals surface area contributed by atoms with Gasteiger partial charge >= 0.3 is 75.5 Å². The van der Waals surface area contributed by atoms with Gasteiger partial charge in [-0.2, -0.15) is 0 Å². The summed E-state index contributed by atoms with van der Waals surface area (Å²) in [6.07, 6.45) is 0. The standard InChI is InChI=1S/2Ca.2ClH.H2O/h;;2*1H;1H2/q2*+2;;;/p-2. The molecule has 0 amide bonds. The first-order chi connectivity index (χ1) is 0. The molecule has 24 valence electrons. The van der Waals surface area contributed by atoms with Crippen molar-refractivity contribution in [3.63, 3.8) is 0 Å². The van der Waals surface area contributed by atoms with E-state index in [4.69, 9.17) is 0 Å². The Bertz CT molecular complexity index is 7.61. The van der Waals surface area contributed by atoms with E-state index in [0.29, 0.717) is 0 Å². The van der Waals surface area contributed by atoms with Crippen LogP contribution in [-0.4, -0.2) is 81.0 Å². The second-order valence-electron chi connectivity index (χ2n) is 0. The van der Waals surface area contributed by atoms with Crippen molar-refractivity contribution in [2.75, 3.05) is 0 Å². The maximum Gasteiger partial charge on any atom is 2.00 e. The predicted molar refractivity (Wildman–Crippen MR) is 15.1 cm³/mol. The van der Waals surface area contributed by atoms with E-state index in [1.807, 2.05) is 0 Å². The van der Waals surface area contributed by atoms with Gasteiger partial charge in [0.25, 0.3) is 0 Å². The summed E-state index contributed by atoms with van der Waals surface area (Å²) in [5.41, 5.74) is 0. The van der Waals surface area contributed by atoms with Gasteiger partial charge in [-0.25, -0.2) is 0 Å². The molecule has 0 unspecified atom stereocenters. The first kappa shape index (κ1) is 42.9. The molecule has 2 N–H and O–H groups in total. The van der Waals surface area contributed by atoms with Gasteiger partial charge in [-0.15, -0.1) is 0 Å². The van der Waals surface area contributed by atoms with Crippen LogP contribution < -0.4 is 24.8 Å². The molecule has 0 aromatic rings. The molecule has 5 heteroatoms. The van der Waals surface area contributed by atoms with E-state index >= 15 is 0 Å². The van der Waals surface area contributed by atoms with Crippen LogP contribution in [0.25, 0.3) is 0 Å². The summed E-state index contributed by atoms with van der Waals surface area (Å²) in [6.45, 7) is 0. The molecule has 1 nitrogen and oxygen atoms in total. The number of hydrogen-bond acceptors (Lipinski definition) is 0. The summed E-state index contributed by atoms with van der Waals surface area (Å²) in [6, 6.07) is 0. The average Bonchev–Trinajstić information content (AvgIpc) is 0. The normalized spacial score (nSPS) is 0. The molecule has 0 spiro atoms. The van der Waals surface area contributed by atoms with Crippen LogP contribution in [0.4, 0.5) is 0 Å². The monoisotopic (exact) mass is 168 g/mol. The Hall–Kier alpha value is 3.06. The zero-order valence-corrected chi connectivity index (χ0v) is 8.60. The molecule has 0 fully saturated rings. The Balaban J connectivity index is 0. The molecular weight excluding hydrogens is 167 g/mol. The fourth-order valence-electron chi connectivity index (χ4n) is 0. The van der Waals surface area contributed by atoms with Gasteiger partial charge in [-0.3, -0.25) is 0 Å². The fourth-order valence-corrected chi connectivity index (χ4v) is 0. The summed E-state index contributed by atoms with van der Waals surface area (Å²) in [5.74, 6) is 0. The number of halogens is 2. The summed E-state index contributed by atoms with van der Waals surface area (Å²) >= 11 is 0. The Morgan fingerprint density at radius 3 is 0.600 bits per heavy atom. The second-order valence-corrected chi connectivity index (χ2v) is 0. The molecule has 0 aromatic carbocycles. The minimum Gasteiger partial charge on any atom is -1.00 e. The minimum absolute atomic E-state index is 0. The van der Waals surface area contributed by atoms with Crippen LogP contribution in [0.2, 0.25) is 0 Å². The summed E-state index contributed by atoms with van der Waals surface area (Å²) in [4.78, 5) is 0. The SMILES string of the molecule is O.[Ca+2].[Ca+2].[Cl-].[Cl-]. The third-order valence-electron chi connectivity index (χ3n) is 0. The third kappa shape index (κ3) is 19.3. The van der Waals surface area contributed by atoms with Crippen LogP contribution >= 0.6 is 0 Å². The first-order valence-electron chi connectivity index (χ1n) is 0. The molecule has 0 heterocycles. The number of rotatable bonds is 0. The zero-order chi connectivity index (χ0) is 0. The van der Waals surface area contributed by atoms with Crippen molar-refractivity contribution in [3.8, 4) is 0 Å². The second kappa shape index (κ2) is 27.7. The Labute approximate surface area is 103 Å². The molecular formula is H2Ca2Cl2O+2. The Kier molecular flexibility index (Phi) is 238. The average molecular weight is 169 g/mol. The summed E-state index contributed by atoms with van der Waals surface area (Å²) in [7, 11) is 0. The molecule has 0 bridgehead atoms. The Morgan fingerprint density at radius 1 is 0.600 bits per heavy atom. The summed E-state index contributed by atoms with van der Waals surface area (Å²) in [5, 5.41) is 0. The smallest absolute Gasteiger partial charge is 1.00 e. The van der Waals surface area contributed by atoms with Crippen molar-refractivity contribution in [1.29, 1.82) is 0 Å². The van der Waals surface area contributed by atoms with E-state index in [9.17, 15) is 0 Å². The maximum atomic E-state index is 0. The summed E-state index contributed by atoms with van der Waals surface area (Å²) < 4.78 is 0. The topological polar surface area (TPSA) is 31.5 Å². The van der Waals surface area contributed by atoms with Crippen molar-refractivity contribution < 1.29 is 30.3 Å². The molecule has 0 atom stereocenters. The molecule has 0 rings (SSSR count). The first-order valence-corrected chi connectivity index (χ1v) is 0. The molecule has 0 aliphatic heterocycles. The number of hydrogen-bond donors (Lipinski definition) is 0. The van der Waals surface area contributed by atoms with Gasteiger partial charge in [0.1, 0.15) is 0 Å². The van der Waals surface area contributed by atoms with Crippen LogP contribution in [-0.2, 0) is 0 Å². The molecule has 0 saturated carbocycles. The molecule has 5 heavy (non-hydrogen) atoms. The third-order valence-corrected chi connectivity index (χ3v) is 0. The van der Waals surface area contributed by atoms with E-state index in [2.05, 4.69) is 0 Å². The van der Waals surface area contributed by atoms with Gasteiger partial charge in [0.15, 0.2) is 0 Å². The fraction of sp³-hybridized carbons (Fsp3) is 0. The predicted octanol–water partition coefficient (Wildman–Crippen LogP) is -7.58. The van der Waals surface area contributed by atoms with Gasteiger partial charge in [-0.05, 0) is 0 Å². The van der Waals surface area contributed by atoms with E-state index < -0.39 is 0 Å². The molecule has 0 aromatic heterocycles. The van der Waals surface area contributed by atoms with Gasteiger partial charge < -0.3 is 30.3 Å². The van der Waals surface area contributed by atoms with Crippen LogP contribution in [0.3, 0.4) is 0 Å². The van der Waals surface area contributed by atoms with Crippen LogP contribution in [0, 0.1) is 0 Å². The Morgan fingerprint density at radius 2 is 0.600 bits per heavy atom. The quantitative estimate of drug-likeness (QED) is 0.323.